The number of rotatable bonds is 6. The average molecular weight is 337 g/mol. The van der Waals surface area contributed by atoms with Crippen LogP contribution in [0.5, 0.6) is 0 Å². The van der Waals surface area contributed by atoms with Crippen LogP contribution in [0.4, 0.5) is 4.79 Å². The molecule has 7 heteroatoms. The summed E-state index contributed by atoms with van der Waals surface area (Å²) in [5.74, 6) is 0.810. The number of amides is 1. The third-order valence-electron chi connectivity index (χ3n) is 3.19. The van der Waals surface area contributed by atoms with Crippen LogP contribution in [0.3, 0.4) is 0 Å². The summed E-state index contributed by atoms with van der Waals surface area (Å²) in [6, 6.07) is 4.11. The molecule has 0 fully saturated rings. The predicted octanol–water partition coefficient (Wildman–Crippen LogP) is 1.95. The van der Waals surface area contributed by atoms with Gasteiger partial charge in [0.25, 0.3) is 0 Å². The van der Waals surface area contributed by atoms with Crippen molar-refractivity contribution in [2.45, 2.75) is 39.8 Å². The van der Waals surface area contributed by atoms with Crippen LogP contribution in [-0.4, -0.2) is 53.8 Å². The van der Waals surface area contributed by atoms with Gasteiger partial charge in [0, 0.05) is 39.1 Å². The quantitative estimate of drug-likeness (QED) is 0.473. The molecule has 0 saturated carbocycles. The van der Waals surface area contributed by atoms with E-state index in [2.05, 4.69) is 31.2 Å². The van der Waals surface area contributed by atoms with Gasteiger partial charge in [0.15, 0.2) is 5.96 Å². The van der Waals surface area contributed by atoms with Gasteiger partial charge in [-0.3, -0.25) is 4.99 Å². The first-order valence-corrected chi connectivity index (χ1v) is 8.29. The van der Waals surface area contributed by atoms with Crippen LogP contribution in [0.25, 0.3) is 0 Å². The first-order valence-electron chi connectivity index (χ1n) is 8.29. The van der Waals surface area contributed by atoms with E-state index in [-0.39, 0.29) is 0 Å². The van der Waals surface area contributed by atoms with Crippen LogP contribution in [0.1, 0.15) is 33.4 Å². The molecular formula is C17H31N5O2. The van der Waals surface area contributed by atoms with Gasteiger partial charge in [-0.25, -0.2) is 4.79 Å². The first kappa shape index (κ1) is 19.9. The fourth-order valence-corrected chi connectivity index (χ4v) is 2.08. The molecule has 1 heterocycles. The molecule has 0 unspecified atom stereocenters. The number of alkyl carbamates (subject to hydrolysis) is 1. The minimum absolute atomic E-state index is 0.417. The van der Waals surface area contributed by atoms with Crippen LogP contribution in [0.2, 0.25) is 0 Å². The highest BCUT2D eigenvalue weighted by atomic mass is 16.6. The van der Waals surface area contributed by atoms with Gasteiger partial charge in [0.05, 0.1) is 13.1 Å². The van der Waals surface area contributed by atoms with Crippen LogP contribution in [0.15, 0.2) is 23.3 Å². The number of ether oxygens (including phenoxy) is 1. The zero-order valence-corrected chi connectivity index (χ0v) is 15.7. The molecule has 0 spiro atoms. The summed E-state index contributed by atoms with van der Waals surface area (Å²) in [5.41, 5.74) is 0.715. The predicted molar refractivity (Wildman–Crippen MR) is 97.1 cm³/mol. The first-order chi connectivity index (χ1) is 11.2. The second kappa shape index (κ2) is 9.20. The minimum atomic E-state index is -0.489. The maximum absolute atomic E-state index is 11.6. The van der Waals surface area contributed by atoms with Gasteiger partial charge in [-0.05, 0) is 39.8 Å². The smallest absolute Gasteiger partial charge is 0.407 e. The lowest BCUT2D eigenvalue weighted by atomic mass is 10.2. The summed E-state index contributed by atoms with van der Waals surface area (Å²) in [5, 5.41) is 5.97. The Bertz CT molecular complexity index is 545. The zero-order valence-electron chi connectivity index (χ0n) is 15.7. The molecule has 0 aliphatic carbocycles. The summed E-state index contributed by atoms with van der Waals surface area (Å²) in [7, 11) is 4.02. The highest BCUT2D eigenvalue weighted by molar-refractivity contribution is 5.79. The van der Waals surface area contributed by atoms with Gasteiger partial charge in [-0.1, -0.05) is 0 Å². The number of hydrogen-bond acceptors (Lipinski definition) is 3. The van der Waals surface area contributed by atoms with Crippen molar-refractivity contribution in [3.63, 3.8) is 0 Å². The van der Waals surface area contributed by atoms with E-state index in [1.807, 2.05) is 54.1 Å². The average Bonchev–Trinajstić information content (AvgIpc) is 2.85. The van der Waals surface area contributed by atoms with Crippen molar-refractivity contribution in [2.75, 3.05) is 26.7 Å². The number of hydrogen-bond donors (Lipinski definition) is 2. The van der Waals surface area contributed by atoms with Crippen molar-refractivity contribution in [3.8, 4) is 0 Å². The Morgan fingerprint density at radius 1 is 1.38 bits per heavy atom. The molecule has 1 aromatic heterocycles. The fraction of sp³-hybridized carbons (Fsp3) is 0.647. The molecule has 1 amide bonds. The summed E-state index contributed by atoms with van der Waals surface area (Å²) in [6.45, 7) is 10.0. The molecule has 0 atom stereocenters. The van der Waals surface area contributed by atoms with Crippen molar-refractivity contribution >= 4 is 12.1 Å². The van der Waals surface area contributed by atoms with Crippen LogP contribution in [-0.2, 0) is 18.3 Å². The number of carbonyl (C=O) groups is 1. The lowest BCUT2D eigenvalue weighted by Gasteiger charge is -2.22. The van der Waals surface area contributed by atoms with E-state index in [0.717, 1.165) is 19.0 Å². The number of aliphatic imine (C=N–C) groups is 1. The lowest BCUT2D eigenvalue weighted by molar-refractivity contribution is 0.0529. The van der Waals surface area contributed by atoms with Crippen molar-refractivity contribution in [1.29, 1.82) is 0 Å². The second-order valence-corrected chi connectivity index (χ2v) is 6.63. The van der Waals surface area contributed by atoms with Gasteiger partial charge < -0.3 is 24.8 Å². The summed E-state index contributed by atoms with van der Waals surface area (Å²) in [6.07, 6.45) is 1.61. The monoisotopic (exact) mass is 337 g/mol. The molecule has 0 saturated heterocycles. The number of aryl methyl sites for hydroxylation is 1. The van der Waals surface area contributed by atoms with E-state index in [4.69, 9.17) is 4.74 Å². The Labute approximate surface area is 145 Å². The van der Waals surface area contributed by atoms with Crippen molar-refractivity contribution in [3.05, 3.63) is 24.0 Å². The van der Waals surface area contributed by atoms with Gasteiger partial charge in [-0.15, -0.1) is 0 Å². The van der Waals surface area contributed by atoms with Gasteiger partial charge in [-0.2, -0.15) is 0 Å². The summed E-state index contributed by atoms with van der Waals surface area (Å²) < 4.78 is 7.28. The van der Waals surface area contributed by atoms with E-state index in [9.17, 15) is 4.79 Å². The molecule has 136 valence electrons. The number of guanidine groups is 1. The van der Waals surface area contributed by atoms with E-state index in [1.54, 1.807) is 0 Å². The maximum atomic E-state index is 11.6. The van der Waals surface area contributed by atoms with Crippen molar-refractivity contribution in [1.82, 2.24) is 20.1 Å². The fourth-order valence-electron chi connectivity index (χ4n) is 2.08. The normalized spacial score (nSPS) is 12.0. The molecule has 24 heavy (non-hydrogen) atoms. The highest BCUT2D eigenvalue weighted by Crippen LogP contribution is 2.06. The topological polar surface area (TPSA) is 70.9 Å². The summed E-state index contributed by atoms with van der Waals surface area (Å²) >= 11 is 0. The van der Waals surface area contributed by atoms with E-state index >= 15 is 0 Å². The standard InChI is InChI=1S/C17H31N5O2/c1-7-18-15(22(6)13-14-9-8-12-21(14)5)19-10-11-20-16(23)24-17(2,3)4/h8-9,12H,7,10-11,13H2,1-6H3,(H,18,19)(H,20,23). The Balaban J connectivity index is 2.50. The van der Waals surface area contributed by atoms with Crippen LogP contribution in [0, 0.1) is 0 Å². The number of nitrogens with zero attached hydrogens (tertiary/aromatic N) is 3. The minimum Gasteiger partial charge on any atom is -0.444 e. The molecule has 1 rings (SSSR count). The molecule has 7 nitrogen and oxygen atoms in total. The summed E-state index contributed by atoms with van der Waals surface area (Å²) in [4.78, 5) is 18.2. The third-order valence-corrected chi connectivity index (χ3v) is 3.19. The van der Waals surface area contributed by atoms with E-state index in [1.165, 1.54) is 5.69 Å². The van der Waals surface area contributed by atoms with Gasteiger partial charge >= 0.3 is 6.09 Å². The Hall–Kier alpha value is -2.18. The van der Waals surface area contributed by atoms with Gasteiger partial charge in [0.2, 0.25) is 0 Å². The molecule has 0 aliphatic heterocycles. The molecule has 0 aromatic carbocycles. The molecule has 1 aromatic rings. The largest absolute Gasteiger partial charge is 0.444 e. The highest BCUT2D eigenvalue weighted by Gasteiger charge is 2.15. The Kier molecular flexibility index (Phi) is 7.61. The SMILES string of the molecule is CCNC(=NCCNC(=O)OC(C)(C)C)N(C)Cc1cccn1C. The Morgan fingerprint density at radius 2 is 2.08 bits per heavy atom. The maximum Gasteiger partial charge on any atom is 0.407 e. The van der Waals surface area contributed by atoms with Crippen molar-refractivity contribution < 1.29 is 9.53 Å². The number of carbonyl (C=O) groups excluding carboxylic acids is 1. The molecule has 0 bridgehead atoms. The number of aromatic nitrogens is 1. The number of nitrogens with one attached hydrogen (secondary N) is 2. The van der Waals surface area contributed by atoms with Crippen LogP contribution >= 0.6 is 0 Å². The molecule has 0 aliphatic rings. The molecule has 0 radical (unpaired) electrons. The van der Waals surface area contributed by atoms with Crippen LogP contribution < -0.4 is 10.6 Å². The lowest BCUT2D eigenvalue weighted by Crippen LogP contribution is -2.39. The second-order valence-electron chi connectivity index (χ2n) is 6.63. The van der Waals surface area contributed by atoms with Crippen molar-refractivity contribution in [2.24, 2.45) is 12.0 Å². The Morgan fingerprint density at radius 3 is 2.62 bits per heavy atom. The molecule has 2 N–H and O–H groups in total. The van der Waals surface area contributed by atoms with E-state index in [0.29, 0.717) is 13.1 Å². The zero-order chi connectivity index (χ0) is 18.2. The van der Waals surface area contributed by atoms with E-state index < -0.39 is 11.7 Å². The molecular weight excluding hydrogens is 306 g/mol. The van der Waals surface area contributed by atoms with Gasteiger partial charge in [0.1, 0.15) is 5.60 Å². The third kappa shape index (κ3) is 7.39.